The standard InChI is InChI=1S/C19H29NO3/c1-5-9-20(19(21)16-11-14(16)3)13-15-7-8-17(23-10-6-2)18(12-15)22-4/h7-8,12,14,16H,5-6,9-11,13H2,1-4H3. The van der Waals surface area contributed by atoms with Gasteiger partial charge in [-0.05, 0) is 42.9 Å². The summed E-state index contributed by atoms with van der Waals surface area (Å²) in [6.45, 7) is 8.46. The highest BCUT2D eigenvalue weighted by Crippen LogP contribution is 2.39. The number of amides is 1. The molecule has 0 bridgehead atoms. The van der Waals surface area contributed by atoms with Crippen LogP contribution >= 0.6 is 0 Å². The van der Waals surface area contributed by atoms with Crippen LogP contribution in [0.25, 0.3) is 0 Å². The lowest BCUT2D eigenvalue weighted by Crippen LogP contribution is -2.32. The summed E-state index contributed by atoms with van der Waals surface area (Å²) in [4.78, 5) is 14.5. The van der Waals surface area contributed by atoms with Crippen molar-refractivity contribution in [2.75, 3.05) is 20.3 Å². The zero-order chi connectivity index (χ0) is 16.8. The molecule has 128 valence electrons. The van der Waals surface area contributed by atoms with Gasteiger partial charge in [-0.15, -0.1) is 0 Å². The van der Waals surface area contributed by atoms with Crippen LogP contribution in [0.4, 0.5) is 0 Å². The minimum absolute atomic E-state index is 0.232. The molecule has 1 aliphatic carbocycles. The first-order valence-electron chi connectivity index (χ1n) is 8.69. The highest BCUT2D eigenvalue weighted by atomic mass is 16.5. The summed E-state index contributed by atoms with van der Waals surface area (Å²) in [6.07, 6.45) is 2.97. The van der Waals surface area contributed by atoms with Crippen LogP contribution in [0.3, 0.4) is 0 Å². The van der Waals surface area contributed by atoms with Crippen molar-refractivity contribution in [1.82, 2.24) is 4.90 Å². The molecular formula is C19H29NO3. The summed E-state index contributed by atoms with van der Waals surface area (Å²) in [5.74, 6) is 2.57. The van der Waals surface area contributed by atoms with Gasteiger partial charge in [-0.3, -0.25) is 4.79 Å². The normalized spacial score (nSPS) is 19.3. The average molecular weight is 319 g/mol. The van der Waals surface area contributed by atoms with Crippen molar-refractivity contribution in [2.45, 2.75) is 46.6 Å². The number of hydrogen-bond acceptors (Lipinski definition) is 3. The van der Waals surface area contributed by atoms with Crippen LogP contribution in [0.1, 0.15) is 45.6 Å². The molecule has 2 atom stereocenters. The van der Waals surface area contributed by atoms with Crippen LogP contribution in [0.2, 0.25) is 0 Å². The number of carbonyl (C=O) groups excluding carboxylic acids is 1. The predicted molar refractivity (Wildman–Crippen MR) is 91.8 cm³/mol. The molecule has 0 aliphatic heterocycles. The second kappa shape index (κ2) is 8.23. The molecule has 1 fully saturated rings. The third-order valence-electron chi connectivity index (χ3n) is 4.30. The SMILES string of the molecule is CCCOc1ccc(CN(CCC)C(=O)C2CC2C)cc1OC. The zero-order valence-corrected chi connectivity index (χ0v) is 14.8. The molecule has 0 heterocycles. The molecular weight excluding hydrogens is 290 g/mol. The van der Waals surface area contributed by atoms with Gasteiger partial charge in [-0.25, -0.2) is 0 Å². The topological polar surface area (TPSA) is 38.8 Å². The number of nitrogens with zero attached hydrogens (tertiary/aromatic N) is 1. The van der Waals surface area contributed by atoms with Gasteiger partial charge in [0.15, 0.2) is 11.5 Å². The quantitative estimate of drug-likeness (QED) is 0.693. The smallest absolute Gasteiger partial charge is 0.226 e. The fraction of sp³-hybridized carbons (Fsp3) is 0.632. The minimum atomic E-state index is 0.232. The fourth-order valence-corrected chi connectivity index (χ4v) is 2.80. The first kappa shape index (κ1) is 17.6. The van der Waals surface area contributed by atoms with Crippen molar-refractivity contribution in [1.29, 1.82) is 0 Å². The van der Waals surface area contributed by atoms with Crippen molar-refractivity contribution in [2.24, 2.45) is 11.8 Å². The zero-order valence-electron chi connectivity index (χ0n) is 14.8. The van der Waals surface area contributed by atoms with Gasteiger partial charge < -0.3 is 14.4 Å². The summed E-state index contributed by atoms with van der Waals surface area (Å²) < 4.78 is 11.1. The van der Waals surface area contributed by atoms with Gasteiger partial charge in [0.1, 0.15) is 0 Å². The van der Waals surface area contributed by atoms with E-state index < -0.39 is 0 Å². The van der Waals surface area contributed by atoms with Crippen LogP contribution in [0.15, 0.2) is 18.2 Å². The Kier molecular flexibility index (Phi) is 6.31. The van der Waals surface area contributed by atoms with Crippen molar-refractivity contribution in [3.8, 4) is 11.5 Å². The highest BCUT2D eigenvalue weighted by molar-refractivity contribution is 5.81. The Labute approximate surface area is 139 Å². The Hall–Kier alpha value is -1.71. The van der Waals surface area contributed by atoms with Crippen molar-refractivity contribution >= 4 is 5.91 Å². The molecule has 4 heteroatoms. The molecule has 1 saturated carbocycles. The van der Waals surface area contributed by atoms with E-state index >= 15 is 0 Å². The maximum atomic E-state index is 12.5. The molecule has 23 heavy (non-hydrogen) atoms. The van der Waals surface area contributed by atoms with E-state index in [1.165, 1.54) is 0 Å². The minimum Gasteiger partial charge on any atom is -0.493 e. The first-order valence-corrected chi connectivity index (χ1v) is 8.69. The number of carbonyl (C=O) groups is 1. The van der Waals surface area contributed by atoms with Crippen molar-refractivity contribution in [3.05, 3.63) is 23.8 Å². The Bertz CT molecular complexity index is 529. The third kappa shape index (κ3) is 4.63. The van der Waals surface area contributed by atoms with E-state index in [2.05, 4.69) is 20.8 Å². The molecule has 4 nitrogen and oxygen atoms in total. The number of hydrogen-bond donors (Lipinski definition) is 0. The van der Waals surface area contributed by atoms with Gasteiger partial charge in [-0.1, -0.05) is 26.8 Å². The maximum Gasteiger partial charge on any atom is 0.226 e. The van der Waals surface area contributed by atoms with Gasteiger partial charge >= 0.3 is 0 Å². The van der Waals surface area contributed by atoms with E-state index in [1.807, 2.05) is 23.1 Å². The number of rotatable bonds is 9. The molecule has 1 aromatic carbocycles. The Morgan fingerprint density at radius 3 is 2.57 bits per heavy atom. The van der Waals surface area contributed by atoms with Gasteiger partial charge in [0.2, 0.25) is 5.91 Å². The number of benzene rings is 1. The number of methoxy groups -OCH3 is 1. The second-order valence-corrected chi connectivity index (χ2v) is 6.41. The molecule has 2 rings (SSSR count). The van der Waals surface area contributed by atoms with Crippen molar-refractivity contribution in [3.63, 3.8) is 0 Å². The van der Waals surface area contributed by atoms with Gasteiger partial charge in [-0.2, -0.15) is 0 Å². The maximum absolute atomic E-state index is 12.5. The molecule has 1 amide bonds. The molecule has 1 aromatic rings. The Morgan fingerprint density at radius 2 is 2.00 bits per heavy atom. The average Bonchev–Trinajstić information content (AvgIpc) is 3.29. The van der Waals surface area contributed by atoms with E-state index in [0.717, 1.165) is 42.9 Å². The van der Waals surface area contributed by atoms with Crippen LogP contribution in [0, 0.1) is 11.8 Å². The monoisotopic (exact) mass is 319 g/mol. The summed E-state index contributed by atoms with van der Waals surface area (Å²) in [7, 11) is 1.65. The van der Waals surface area contributed by atoms with E-state index in [-0.39, 0.29) is 5.92 Å². The van der Waals surface area contributed by atoms with Crippen LogP contribution in [-0.4, -0.2) is 31.1 Å². The fourth-order valence-electron chi connectivity index (χ4n) is 2.80. The van der Waals surface area contributed by atoms with Crippen LogP contribution in [0.5, 0.6) is 11.5 Å². The largest absolute Gasteiger partial charge is 0.493 e. The second-order valence-electron chi connectivity index (χ2n) is 6.41. The lowest BCUT2D eigenvalue weighted by atomic mass is 10.1. The summed E-state index contributed by atoms with van der Waals surface area (Å²) in [6, 6.07) is 5.95. The van der Waals surface area contributed by atoms with E-state index in [4.69, 9.17) is 9.47 Å². The molecule has 0 saturated heterocycles. The van der Waals surface area contributed by atoms with Crippen LogP contribution < -0.4 is 9.47 Å². The lowest BCUT2D eigenvalue weighted by molar-refractivity contribution is -0.133. The third-order valence-corrected chi connectivity index (χ3v) is 4.30. The molecule has 0 radical (unpaired) electrons. The van der Waals surface area contributed by atoms with E-state index in [1.54, 1.807) is 7.11 Å². The van der Waals surface area contributed by atoms with E-state index in [9.17, 15) is 4.79 Å². The van der Waals surface area contributed by atoms with Crippen molar-refractivity contribution < 1.29 is 14.3 Å². The molecule has 1 aliphatic rings. The Balaban J connectivity index is 2.08. The van der Waals surface area contributed by atoms with Crippen LogP contribution in [-0.2, 0) is 11.3 Å². The summed E-state index contributed by atoms with van der Waals surface area (Å²) in [5, 5.41) is 0. The molecule has 0 aromatic heterocycles. The lowest BCUT2D eigenvalue weighted by Gasteiger charge is -2.23. The summed E-state index contributed by atoms with van der Waals surface area (Å²) in [5.41, 5.74) is 1.08. The first-order chi connectivity index (χ1) is 11.1. The van der Waals surface area contributed by atoms with Gasteiger partial charge in [0.25, 0.3) is 0 Å². The molecule has 0 spiro atoms. The number of ether oxygens (including phenoxy) is 2. The van der Waals surface area contributed by atoms with Gasteiger partial charge in [0.05, 0.1) is 13.7 Å². The summed E-state index contributed by atoms with van der Waals surface area (Å²) >= 11 is 0. The van der Waals surface area contributed by atoms with Gasteiger partial charge in [0, 0.05) is 19.0 Å². The van der Waals surface area contributed by atoms with E-state index in [0.29, 0.717) is 25.0 Å². The highest BCUT2D eigenvalue weighted by Gasteiger charge is 2.41. The molecule has 2 unspecified atom stereocenters. The Morgan fingerprint density at radius 1 is 1.26 bits per heavy atom. The predicted octanol–water partition coefficient (Wildman–Crippen LogP) is 3.88. The molecule has 0 N–H and O–H groups in total.